The molecule has 8 heteroatoms. The molecule has 2 fully saturated rings. The molecule has 1 unspecified atom stereocenters. The van der Waals surface area contributed by atoms with Gasteiger partial charge in [0.05, 0.1) is 24.2 Å². The van der Waals surface area contributed by atoms with Crippen LogP contribution in [0.4, 0.5) is 0 Å². The van der Waals surface area contributed by atoms with Gasteiger partial charge >= 0.3 is 8.56 Å². The van der Waals surface area contributed by atoms with Gasteiger partial charge in [-0.15, -0.1) is 0 Å². The average Bonchev–Trinajstić information content (AvgIpc) is 2.66. The molecular formula is C14H28O5S2Si. The fourth-order valence-corrected chi connectivity index (χ4v) is 10.8. The van der Waals surface area contributed by atoms with Crippen molar-refractivity contribution in [2.75, 3.05) is 18.6 Å². The Morgan fingerprint density at radius 2 is 1.68 bits per heavy atom. The van der Waals surface area contributed by atoms with Crippen LogP contribution in [-0.4, -0.2) is 53.1 Å². The Balaban J connectivity index is 2.32. The van der Waals surface area contributed by atoms with Crippen LogP contribution in [0, 0.1) is 0 Å². The molecule has 0 aliphatic carbocycles. The predicted octanol–water partition coefficient (Wildman–Crippen LogP) is 2.90. The molecule has 5 nitrogen and oxygen atoms in total. The zero-order valence-corrected chi connectivity index (χ0v) is 17.1. The Hall–Kier alpha value is 0.397. The molecule has 0 saturated carbocycles. The van der Waals surface area contributed by atoms with E-state index in [0.717, 1.165) is 6.26 Å². The SMILES string of the molecule is CC(C)(C)[Si]1(C(C)(C)C)OC[C@H]2SCC(OS(C)(=O)=O)[C@@H]2O1. The van der Waals surface area contributed by atoms with Crippen molar-refractivity contribution in [1.82, 2.24) is 0 Å². The van der Waals surface area contributed by atoms with Crippen LogP contribution in [0.3, 0.4) is 0 Å². The molecule has 0 N–H and O–H groups in total. The molecule has 2 rings (SSSR count). The van der Waals surface area contributed by atoms with Gasteiger partial charge in [-0.25, -0.2) is 0 Å². The fourth-order valence-electron chi connectivity index (χ4n) is 3.59. The number of rotatable bonds is 2. The van der Waals surface area contributed by atoms with Crippen molar-refractivity contribution in [1.29, 1.82) is 0 Å². The second-order valence-electron chi connectivity index (χ2n) is 8.22. The number of hydrogen-bond donors (Lipinski definition) is 0. The maximum atomic E-state index is 11.5. The van der Waals surface area contributed by atoms with Gasteiger partial charge in [0.25, 0.3) is 10.1 Å². The first-order chi connectivity index (χ1) is 9.77. The van der Waals surface area contributed by atoms with Crippen LogP contribution in [0.15, 0.2) is 0 Å². The lowest BCUT2D eigenvalue weighted by Crippen LogP contribution is -2.65. The fraction of sp³-hybridized carbons (Fsp3) is 1.00. The summed E-state index contributed by atoms with van der Waals surface area (Å²) in [6.07, 6.45) is 0.478. The zero-order chi connectivity index (χ0) is 17.0. The topological polar surface area (TPSA) is 61.8 Å². The van der Waals surface area contributed by atoms with Gasteiger partial charge in [-0.3, -0.25) is 4.18 Å². The summed E-state index contributed by atoms with van der Waals surface area (Å²) in [6, 6.07) is 0. The molecule has 0 spiro atoms. The van der Waals surface area contributed by atoms with E-state index in [4.69, 9.17) is 13.0 Å². The van der Waals surface area contributed by atoms with Gasteiger partial charge in [0.15, 0.2) is 0 Å². The molecule has 2 heterocycles. The van der Waals surface area contributed by atoms with Crippen LogP contribution in [-0.2, 0) is 23.2 Å². The van der Waals surface area contributed by atoms with Gasteiger partial charge in [0.2, 0.25) is 0 Å². The van der Waals surface area contributed by atoms with Crippen molar-refractivity contribution in [2.45, 2.75) is 69.1 Å². The zero-order valence-electron chi connectivity index (χ0n) is 14.5. The first kappa shape index (κ1) is 18.7. The van der Waals surface area contributed by atoms with E-state index < -0.39 is 24.8 Å². The third kappa shape index (κ3) is 3.42. The Kier molecular flexibility index (Phi) is 4.88. The van der Waals surface area contributed by atoms with Gasteiger partial charge < -0.3 is 8.85 Å². The molecule has 0 aromatic rings. The summed E-state index contributed by atoms with van der Waals surface area (Å²) in [5, 5.41) is -0.0739. The lowest BCUT2D eigenvalue weighted by Gasteiger charge is -2.54. The van der Waals surface area contributed by atoms with Crippen molar-refractivity contribution in [3.63, 3.8) is 0 Å². The lowest BCUT2D eigenvalue weighted by molar-refractivity contribution is -0.0155. The van der Waals surface area contributed by atoms with E-state index in [1.54, 1.807) is 11.8 Å². The maximum absolute atomic E-state index is 11.5. The molecule has 0 aromatic carbocycles. The predicted molar refractivity (Wildman–Crippen MR) is 92.0 cm³/mol. The van der Waals surface area contributed by atoms with E-state index in [1.165, 1.54) is 0 Å². The summed E-state index contributed by atoms with van der Waals surface area (Å²) in [4.78, 5) is 0. The first-order valence-corrected chi connectivity index (χ1v) is 12.3. The van der Waals surface area contributed by atoms with Crippen molar-refractivity contribution in [3.8, 4) is 0 Å². The second kappa shape index (κ2) is 5.74. The highest BCUT2D eigenvalue weighted by Gasteiger charge is 2.63. The molecule has 0 bridgehead atoms. The van der Waals surface area contributed by atoms with Crippen molar-refractivity contribution < 1.29 is 21.5 Å². The number of fused-ring (bicyclic) bond motifs is 1. The van der Waals surface area contributed by atoms with Crippen molar-refractivity contribution in [2.24, 2.45) is 0 Å². The maximum Gasteiger partial charge on any atom is 0.349 e. The first-order valence-electron chi connectivity index (χ1n) is 7.58. The number of hydrogen-bond acceptors (Lipinski definition) is 6. The monoisotopic (exact) mass is 368 g/mol. The minimum Gasteiger partial charge on any atom is -0.392 e. The molecule has 130 valence electrons. The van der Waals surface area contributed by atoms with Crippen LogP contribution in [0.1, 0.15) is 41.5 Å². The normalized spacial score (nSPS) is 32.8. The summed E-state index contributed by atoms with van der Waals surface area (Å²) < 4.78 is 41.3. The van der Waals surface area contributed by atoms with Gasteiger partial charge in [0, 0.05) is 15.8 Å². The minimum absolute atomic E-state index is 0.112. The molecule has 2 aliphatic heterocycles. The van der Waals surface area contributed by atoms with E-state index in [-0.39, 0.29) is 21.4 Å². The minimum atomic E-state index is -3.49. The van der Waals surface area contributed by atoms with Crippen LogP contribution >= 0.6 is 11.8 Å². The average molecular weight is 369 g/mol. The highest BCUT2D eigenvalue weighted by molar-refractivity contribution is 8.00. The van der Waals surface area contributed by atoms with E-state index in [1.807, 2.05) is 0 Å². The van der Waals surface area contributed by atoms with Crippen LogP contribution in [0.25, 0.3) is 0 Å². The van der Waals surface area contributed by atoms with Crippen LogP contribution in [0.2, 0.25) is 10.1 Å². The van der Waals surface area contributed by atoms with E-state index in [2.05, 4.69) is 41.5 Å². The number of thioether (sulfide) groups is 1. The second-order valence-corrected chi connectivity index (χ2v) is 15.9. The van der Waals surface area contributed by atoms with Crippen LogP contribution in [0.5, 0.6) is 0 Å². The van der Waals surface area contributed by atoms with Crippen molar-refractivity contribution in [3.05, 3.63) is 0 Å². The molecule has 22 heavy (non-hydrogen) atoms. The standard InChI is InChI=1S/C14H28O5S2Si/c1-13(2,3)22(14(4,5)6)17-8-11-12(19-22)10(9-20-11)18-21(7,15)16/h10-12H,8-9H2,1-7H3/t10?,11-,12+/m1/s1. The summed E-state index contributed by atoms with van der Waals surface area (Å²) >= 11 is 1.68. The Morgan fingerprint density at radius 3 is 2.14 bits per heavy atom. The molecule has 0 radical (unpaired) electrons. The summed E-state index contributed by atoms with van der Waals surface area (Å²) in [5.41, 5.74) is 0. The largest absolute Gasteiger partial charge is 0.392 e. The Bertz CT molecular complexity index is 506. The van der Waals surface area contributed by atoms with Crippen LogP contribution < -0.4 is 0 Å². The Morgan fingerprint density at radius 1 is 1.14 bits per heavy atom. The molecule has 2 saturated heterocycles. The Labute approximate surface area is 139 Å². The quantitative estimate of drug-likeness (QED) is 0.552. The molecule has 0 amide bonds. The van der Waals surface area contributed by atoms with Gasteiger partial charge in [0.1, 0.15) is 6.10 Å². The summed E-state index contributed by atoms with van der Waals surface area (Å²) in [5.74, 6) is 0.629. The van der Waals surface area contributed by atoms with Gasteiger partial charge in [-0.1, -0.05) is 41.5 Å². The third-order valence-corrected chi connectivity index (χ3v) is 11.3. The highest BCUT2D eigenvalue weighted by atomic mass is 32.2. The van der Waals surface area contributed by atoms with Gasteiger partial charge in [-0.05, 0) is 0 Å². The van der Waals surface area contributed by atoms with E-state index in [9.17, 15) is 8.42 Å². The van der Waals surface area contributed by atoms with Crippen molar-refractivity contribution >= 4 is 30.4 Å². The molecular weight excluding hydrogens is 340 g/mol. The molecule has 3 atom stereocenters. The van der Waals surface area contributed by atoms with E-state index >= 15 is 0 Å². The van der Waals surface area contributed by atoms with E-state index in [0.29, 0.717) is 12.4 Å². The lowest BCUT2D eigenvalue weighted by atomic mass is 10.2. The summed E-state index contributed by atoms with van der Waals surface area (Å²) in [6.45, 7) is 13.5. The molecule has 0 aromatic heterocycles. The molecule has 2 aliphatic rings. The third-order valence-electron chi connectivity index (χ3n) is 4.23. The summed E-state index contributed by atoms with van der Waals surface area (Å²) in [7, 11) is -6.06. The highest BCUT2D eigenvalue weighted by Crippen LogP contribution is 2.56. The van der Waals surface area contributed by atoms with Gasteiger partial charge in [-0.2, -0.15) is 20.2 Å². The smallest absolute Gasteiger partial charge is 0.349 e.